The minimum atomic E-state index is -1.37. The van der Waals surface area contributed by atoms with Gasteiger partial charge < -0.3 is 15.2 Å². The maximum Gasteiger partial charge on any atom is 0.417 e. The lowest BCUT2D eigenvalue weighted by atomic mass is 9.70. The topological polar surface area (TPSA) is 161 Å². The number of esters is 1. The third-order valence-electron chi connectivity index (χ3n) is 12.0. The first-order chi connectivity index (χ1) is 34.0. The molecule has 0 saturated carbocycles. The lowest BCUT2D eigenvalue weighted by Gasteiger charge is -2.52. The molecule has 2 aliphatic heterocycles. The lowest BCUT2D eigenvalue weighted by molar-refractivity contribution is -0.161. The Balaban J connectivity index is 1.21. The SMILES string of the molecule is CC(C)(C)OC(=O)N(C(=O)[C@@H](N)c1ccccc1)[C@@H]1C(=O)N2C(C(=O)OC(c3ccccc3)c3ccccc3)=C(SC(Sc3c[nH]nn3)C(c3ccccc3)(c3ccccc3)c3ccccc3)CS[C@@H]12. The molecule has 15 heteroatoms. The summed E-state index contributed by atoms with van der Waals surface area (Å²) >= 11 is 4.25. The molecule has 1 unspecified atom stereocenters. The van der Waals surface area contributed by atoms with Crippen LogP contribution in [0, 0.1) is 0 Å². The number of benzene rings is 6. The molecule has 3 amide bonds. The van der Waals surface area contributed by atoms with E-state index in [1.807, 2.05) is 115 Å². The summed E-state index contributed by atoms with van der Waals surface area (Å²) in [6.45, 7) is 5.04. The van der Waals surface area contributed by atoms with Gasteiger partial charge in [-0.05, 0) is 54.2 Å². The van der Waals surface area contributed by atoms with Crippen LogP contribution in [0.4, 0.5) is 4.79 Å². The number of rotatable bonds is 15. The molecule has 0 bridgehead atoms. The number of H-pyrrole nitrogens is 1. The number of nitrogens with zero attached hydrogens (tertiary/aromatic N) is 4. The molecule has 3 N–H and O–H groups in total. The molecular formula is C55H50N6O6S3. The number of hydrogen-bond donors (Lipinski definition) is 2. The molecule has 3 heterocycles. The van der Waals surface area contributed by atoms with Gasteiger partial charge in [-0.25, -0.2) is 14.5 Å². The first-order valence-electron chi connectivity index (χ1n) is 22.7. The van der Waals surface area contributed by atoms with Gasteiger partial charge in [0.25, 0.3) is 11.8 Å². The van der Waals surface area contributed by atoms with Gasteiger partial charge in [-0.2, -0.15) is 0 Å². The number of amides is 3. The van der Waals surface area contributed by atoms with Crippen molar-refractivity contribution in [2.24, 2.45) is 5.73 Å². The number of nitrogens with one attached hydrogen (secondary N) is 1. The smallest absolute Gasteiger partial charge is 0.417 e. The second-order valence-corrected chi connectivity index (χ2v) is 21.3. The molecule has 1 fully saturated rings. The van der Waals surface area contributed by atoms with E-state index >= 15 is 9.59 Å². The Kier molecular flexibility index (Phi) is 14.4. The van der Waals surface area contributed by atoms with Gasteiger partial charge in [0, 0.05) is 10.7 Å². The van der Waals surface area contributed by atoms with E-state index in [9.17, 15) is 9.59 Å². The summed E-state index contributed by atoms with van der Waals surface area (Å²) in [5.74, 6) is -2.06. The Bertz CT molecular complexity index is 2810. The summed E-state index contributed by atoms with van der Waals surface area (Å²) in [7, 11) is 0. The van der Waals surface area contributed by atoms with Crippen molar-refractivity contribution in [2.45, 2.75) is 65.0 Å². The van der Waals surface area contributed by atoms with Crippen molar-refractivity contribution in [3.8, 4) is 0 Å². The largest absolute Gasteiger partial charge is 0.448 e. The van der Waals surface area contributed by atoms with Crippen LogP contribution in [-0.2, 0) is 29.3 Å². The number of β-lactam (4-membered cyclic amide) rings is 1. The summed E-state index contributed by atoms with van der Waals surface area (Å²) in [5, 5.41) is 11.1. The third kappa shape index (κ3) is 9.79. The van der Waals surface area contributed by atoms with Crippen molar-refractivity contribution in [3.63, 3.8) is 0 Å². The molecule has 0 aliphatic carbocycles. The monoisotopic (exact) mass is 986 g/mol. The average molecular weight is 987 g/mol. The van der Waals surface area contributed by atoms with Crippen molar-refractivity contribution in [3.05, 3.63) is 232 Å². The van der Waals surface area contributed by atoms with Gasteiger partial charge in [0.2, 0.25) is 0 Å². The summed E-state index contributed by atoms with van der Waals surface area (Å²) in [4.78, 5) is 62.4. The van der Waals surface area contributed by atoms with Gasteiger partial charge in [-0.1, -0.05) is 199 Å². The first-order valence-corrected chi connectivity index (χ1v) is 25.5. The van der Waals surface area contributed by atoms with Gasteiger partial charge in [-0.15, -0.1) is 28.6 Å². The molecule has 7 aromatic rings. The minimum Gasteiger partial charge on any atom is -0.448 e. The molecule has 70 heavy (non-hydrogen) atoms. The van der Waals surface area contributed by atoms with Crippen molar-refractivity contribution >= 4 is 59.2 Å². The van der Waals surface area contributed by atoms with Crippen LogP contribution >= 0.6 is 35.3 Å². The molecule has 0 radical (unpaired) electrons. The zero-order valence-electron chi connectivity index (χ0n) is 38.5. The van der Waals surface area contributed by atoms with Gasteiger partial charge in [-0.3, -0.25) is 19.6 Å². The second-order valence-electron chi connectivity index (χ2n) is 17.6. The van der Waals surface area contributed by atoms with Crippen LogP contribution in [0.5, 0.6) is 0 Å². The number of imide groups is 1. The number of aromatic nitrogens is 3. The quantitative estimate of drug-likeness (QED) is 0.0330. The third-order valence-corrected chi connectivity index (χ3v) is 16.2. The van der Waals surface area contributed by atoms with Crippen LogP contribution in [0.3, 0.4) is 0 Å². The number of carbonyl (C=O) groups excluding carboxylic acids is 4. The van der Waals surface area contributed by atoms with E-state index in [2.05, 4.69) is 51.8 Å². The summed E-state index contributed by atoms with van der Waals surface area (Å²) < 4.78 is 11.9. The zero-order chi connectivity index (χ0) is 48.8. The molecule has 2 aliphatic rings. The number of hydrogen-bond acceptors (Lipinski definition) is 12. The van der Waals surface area contributed by atoms with E-state index in [4.69, 9.17) is 15.2 Å². The lowest BCUT2D eigenvalue weighted by Crippen LogP contribution is -2.73. The molecule has 1 aromatic heterocycles. The van der Waals surface area contributed by atoms with E-state index in [0.717, 1.165) is 32.7 Å². The highest BCUT2D eigenvalue weighted by molar-refractivity contribution is 8.19. The summed E-state index contributed by atoms with van der Waals surface area (Å²) in [5.41, 5.74) is 9.46. The Hall–Kier alpha value is -6.91. The predicted molar refractivity (Wildman–Crippen MR) is 274 cm³/mol. The predicted octanol–water partition coefficient (Wildman–Crippen LogP) is 10.3. The number of ether oxygens (including phenoxy) is 2. The molecule has 12 nitrogen and oxygen atoms in total. The van der Waals surface area contributed by atoms with Crippen LogP contribution in [-0.4, -0.2) is 76.4 Å². The molecule has 6 aromatic carbocycles. The van der Waals surface area contributed by atoms with Gasteiger partial charge in [0.05, 0.1) is 16.2 Å². The first kappa shape index (κ1) is 48.1. The van der Waals surface area contributed by atoms with Crippen molar-refractivity contribution in [1.82, 2.24) is 25.2 Å². The van der Waals surface area contributed by atoms with E-state index in [1.54, 1.807) is 57.3 Å². The Morgan fingerprint density at radius 3 is 1.64 bits per heavy atom. The summed E-state index contributed by atoms with van der Waals surface area (Å²) in [6.07, 6.45) is -0.156. The number of fused-ring (bicyclic) bond motifs is 1. The second kappa shape index (κ2) is 21.0. The molecule has 1 saturated heterocycles. The fourth-order valence-corrected chi connectivity index (χ4v) is 13.5. The van der Waals surface area contributed by atoms with E-state index in [-0.39, 0.29) is 11.4 Å². The average Bonchev–Trinajstić information content (AvgIpc) is 3.91. The molecule has 9 rings (SSSR count). The standard InChI is InChI=1S/C55H50N6O6S3/c1-54(2,3)67-53(65)61(48(62)44(56)36-22-10-4-11-23-36)46-49(63)60-45(51(64)66-47(37-24-12-5-13-25-37)38-26-14-6-15-27-38)42(35-68-50(46)60)69-52(70-43-34-57-59-58-43)55(39-28-16-7-17-29-39,40-30-18-8-19-31-40)41-32-20-9-21-33-41/h4-34,44,46-47,50,52H,35,56H2,1-3H3,(H,57,58,59)/t44-,46+,50-,52?/m0/s1. The normalized spacial score (nSPS) is 16.7. The van der Waals surface area contributed by atoms with E-state index in [0.29, 0.717) is 15.5 Å². The van der Waals surface area contributed by atoms with Gasteiger partial charge in [0.1, 0.15) is 27.7 Å². The molecular weight excluding hydrogens is 937 g/mol. The zero-order valence-corrected chi connectivity index (χ0v) is 41.0. The maximum atomic E-state index is 15.6. The van der Waals surface area contributed by atoms with Crippen LogP contribution in [0.15, 0.2) is 204 Å². The van der Waals surface area contributed by atoms with Crippen molar-refractivity contribution < 1.29 is 28.7 Å². The highest BCUT2D eigenvalue weighted by atomic mass is 32.2. The molecule has 0 spiro atoms. The van der Waals surface area contributed by atoms with E-state index < -0.39 is 63.0 Å². The highest BCUT2D eigenvalue weighted by Gasteiger charge is 2.60. The number of aromatic amines is 1. The minimum absolute atomic E-state index is 0.00430. The maximum absolute atomic E-state index is 15.6. The molecule has 354 valence electrons. The Morgan fingerprint density at radius 1 is 0.714 bits per heavy atom. The van der Waals surface area contributed by atoms with Crippen LogP contribution in [0.2, 0.25) is 0 Å². The summed E-state index contributed by atoms with van der Waals surface area (Å²) in [6, 6.07) is 55.4. The van der Waals surface area contributed by atoms with Crippen LogP contribution in [0.1, 0.15) is 66.3 Å². The van der Waals surface area contributed by atoms with Gasteiger partial charge >= 0.3 is 12.1 Å². The van der Waals surface area contributed by atoms with Gasteiger partial charge in [0.15, 0.2) is 12.1 Å². The van der Waals surface area contributed by atoms with Crippen molar-refractivity contribution in [1.29, 1.82) is 0 Å². The van der Waals surface area contributed by atoms with Crippen LogP contribution < -0.4 is 5.73 Å². The fourth-order valence-electron chi connectivity index (χ4n) is 8.81. The molecule has 4 atom stereocenters. The number of carbonyl (C=O) groups is 4. The number of thioether (sulfide) groups is 3. The highest BCUT2D eigenvalue weighted by Crippen LogP contribution is 2.56. The Morgan fingerprint density at radius 2 is 1.19 bits per heavy atom. The van der Waals surface area contributed by atoms with Crippen molar-refractivity contribution in [2.75, 3.05) is 5.75 Å². The van der Waals surface area contributed by atoms with E-state index in [1.165, 1.54) is 40.2 Å². The van der Waals surface area contributed by atoms with Crippen LogP contribution in [0.25, 0.3) is 0 Å². The fraction of sp³-hybridized carbons (Fsp3) is 0.200. The number of nitrogens with two attached hydrogens (primary N) is 1. The Labute approximate surface area is 419 Å².